The van der Waals surface area contributed by atoms with Crippen molar-refractivity contribution < 1.29 is 9.90 Å². The summed E-state index contributed by atoms with van der Waals surface area (Å²) in [6.07, 6.45) is 2.06. The third-order valence-corrected chi connectivity index (χ3v) is 1.24. The molecule has 1 atom stereocenters. The Morgan fingerprint density at radius 1 is 1.62 bits per heavy atom. The Morgan fingerprint density at radius 3 is 2.38 bits per heavy atom. The zero-order chi connectivity index (χ0) is 6.41. The summed E-state index contributed by atoms with van der Waals surface area (Å²) in [5.74, 6) is 0.0764. The van der Waals surface area contributed by atoms with Gasteiger partial charge in [0.2, 0.25) is 0 Å². The fourth-order valence-corrected chi connectivity index (χ4v) is 0.489. The molecule has 0 fully saturated rings. The Bertz CT molecular complexity index is 57.5. The summed E-state index contributed by atoms with van der Waals surface area (Å²) in [7, 11) is 0. The molecule has 47 valence electrons. The van der Waals surface area contributed by atoms with Crippen molar-refractivity contribution in [3.63, 3.8) is 0 Å². The molecule has 2 heteroatoms. The Morgan fingerprint density at radius 2 is 2.25 bits per heavy atom. The number of carbonyl (C=O) groups is 1. The third kappa shape index (κ3) is 2.75. The Labute approximate surface area is 49.5 Å². The second-order valence-corrected chi connectivity index (χ2v) is 1.84. The molecule has 0 saturated heterocycles. The number of hydrogen-bond acceptors (Lipinski definition) is 1. The van der Waals surface area contributed by atoms with Crippen molar-refractivity contribution in [1.82, 2.24) is 0 Å². The maximum Gasteiger partial charge on any atom is 0.120 e. The first-order valence-electron chi connectivity index (χ1n) is 2.86. The van der Waals surface area contributed by atoms with Gasteiger partial charge in [0.25, 0.3) is 0 Å². The fourth-order valence-electron chi connectivity index (χ4n) is 0.489. The first-order chi connectivity index (χ1) is 3.85. The quantitative estimate of drug-likeness (QED) is 0.504. The van der Waals surface area contributed by atoms with Gasteiger partial charge in [0.1, 0.15) is 6.29 Å². The van der Waals surface area contributed by atoms with Crippen LogP contribution in [0.1, 0.15) is 19.8 Å². The second kappa shape index (κ2) is 4.78. The molecule has 0 N–H and O–H groups in total. The predicted octanol–water partition coefficient (Wildman–Crippen LogP) is 1.03. The van der Waals surface area contributed by atoms with Crippen molar-refractivity contribution in [2.24, 2.45) is 5.92 Å². The molecule has 0 aromatic heterocycles. The lowest BCUT2D eigenvalue weighted by Crippen LogP contribution is -2.02. The van der Waals surface area contributed by atoms with Gasteiger partial charge in [-0.1, -0.05) is 13.3 Å². The van der Waals surface area contributed by atoms with E-state index in [1.165, 1.54) is 0 Å². The smallest absolute Gasteiger partial charge is 0.120 e. The van der Waals surface area contributed by atoms with E-state index in [-0.39, 0.29) is 12.5 Å². The first kappa shape index (κ1) is 7.63. The molecular weight excluding hydrogens is 104 g/mol. The molecule has 2 nitrogen and oxygen atoms in total. The topological polar surface area (TPSA) is 37.0 Å². The van der Waals surface area contributed by atoms with Gasteiger partial charge in [0, 0.05) is 6.42 Å². The van der Waals surface area contributed by atoms with Crippen LogP contribution in [0.3, 0.4) is 0 Å². The summed E-state index contributed by atoms with van der Waals surface area (Å²) in [4.78, 5) is 9.79. The summed E-state index contributed by atoms with van der Waals surface area (Å²) in [6.45, 7) is 1.81. The van der Waals surface area contributed by atoms with Crippen LogP contribution in [0.25, 0.3) is 0 Å². The molecule has 0 aromatic carbocycles. The van der Waals surface area contributed by atoms with E-state index in [1.54, 1.807) is 0 Å². The monoisotopic (exact) mass is 115 g/mol. The lowest BCUT2D eigenvalue weighted by Gasteiger charge is -2.02. The van der Waals surface area contributed by atoms with E-state index in [0.29, 0.717) is 6.42 Å². The van der Waals surface area contributed by atoms with Gasteiger partial charge in [-0.25, -0.2) is 5.11 Å². The van der Waals surface area contributed by atoms with Gasteiger partial charge in [0.05, 0.1) is 6.61 Å². The average molecular weight is 115 g/mol. The average Bonchev–Trinajstić information content (AvgIpc) is 1.83. The minimum Gasteiger partial charge on any atom is -0.303 e. The predicted molar refractivity (Wildman–Crippen MR) is 30.0 cm³/mol. The molecule has 0 heterocycles. The zero-order valence-electron chi connectivity index (χ0n) is 5.09. The van der Waals surface area contributed by atoms with Gasteiger partial charge in [0.15, 0.2) is 0 Å². The second-order valence-electron chi connectivity index (χ2n) is 1.84. The van der Waals surface area contributed by atoms with Crippen LogP contribution in [0.15, 0.2) is 0 Å². The van der Waals surface area contributed by atoms with Crippen molar-refractivity contribution in [3.8, 4) is 0 Å². The van der Waals surface area contributed by atoms with E-state index >= 15 is 0 Å². The molecule has 0 rings (SSSR count). The van der Waals surface area contributed by atoms with Gasteiger partial charge < -0.3 is 4.79 Å². The van der Waals surface area contributed by atoms with Crippen LogP contribution in [0.5, 0.6) is 0 Å². The van der Waals surface area contributed by atoms with E-state index in [4.69, 9.17) is 0 Å². The van der Waals surface area contributed by atoms with Gasteiger partial charge in [-0.3, -0.25) is 0 Å². The molecule has 0 aliphatic heterocycles. The van der Waals surface area contributed by atoms with Crippen LogP contribution >= 0.6 is 0 Å². The highest BCUT2D eigenvalue weighted by Crippen LogP contribution is 2.03. The van der Waals surface area contributed by atoms with Crippen LogP contribution in [0, 0.1) is 5.92 Å². The number of hydrogen-bond donors (Lipinski definition) is 0. The van der Waals surface area contributed by atoms with E-state index in [9.17, 15) is 9.90 Å². The molecule has 0 aliphatic rings. The van der Waals surface area contributed by atoms with Gasteiger partial charge in [-0.15, -0.1) is 0 Å². The lowest BCUT2D eigenvalue weighted by molar-refractivity contribution is -0.109. The van der Waals surface area contributed by atoms with E-state index in [0.717, 1.165) is 12.7 Å². The minimum atomic E-state index is -0.116. The first-order valence-corrected chi connectivity index (χ1v) is 2.86. The fraction of sp³-hybridized carbons (Fsp3) is 0.833. The molecule has 0 aromatic rings. The molecule has 0 amide bonds. The van der Waals surface area contributed by atoms with Crippen molar-refractivity contribution in [3.05, 3.63) is 0 Å². The standard InChI is InChI=1S/C6H11O2/c1-2-6(5-8)3-4-7/h4,6H,2-3,5H2,1H3. The zero-order valence-corrected chi connectivity index (χ0v) is 5.09. The summed E-state index contributed by atoms with van der Waals surface area (Å²) < 4.78 is 0. The maximum atomic E-state index is 10.1. The highest BCUT2D eigenvalue weighted by molar-refractivity contribution is 5.49. The number of rotatable bonds is 4. The molecule has 1 radical (unpaired) electrons. The van der Waals surface area contributed by atoms with Gasteiger partial charge in [-0.05, 0) is 5.92 Å². The van der Waals surface area contributed by atoms with Crippen molar-refractivity contribution in [1.29, 1.82) is 0 Å². The Hall–Kier alpha value is -0.370. The van der Waals surface area contributed by atoms with Crippen LogP contribution in [-0.4, -0.2) is 12.9 Å². The van der Waals surface area contributed by atoms with Crippen molar-refractivity contribution in [2.75, 3.05) is 6.61 Å². The lowest BCUT2D eigenvalue weighted by atomic mass is 10.1. The van der Waals surface area contributed by atoms with E-state index in [1.807, 2.05) is 6.92 Å². The third-order valence-electron chi connectivity index (χ3n) is 1.24. The largest absolute Gasteiger partial charge is 0.303 e. The molecule has 0 saturated carbocycles. The maximum absolute atomic E-state index is 10.1. The van der Waals surface area contributed by atoms with Crippen LogP contribution in [0.2, 0.25) is 0 Å². The SMILES string of the molecule is CCC(C[O])CC=O. The minimum absolute atomic E-state index is 0.0764. The molecule has 0 spiro atoms. The summed E-state index contributed by atoms with van der Waals surface area (Å²) in [6, 6.07) is 0. The van der Waals surface area contributed by atoms with Crippen LogP contribution in [-0.2, 0) is 9.90 Å². The molecule has 0 bridgehead atoms. The van der Waals surface area contributed by atoms with E-state index in [2.05, 4.69) is 0 Å². The molecule has 0 aliphatic carbocycles. The molecule has 1 unspecified atom stereocenters. The molecular formula is C6H11O2. The highest BCUT2D eigenvalue weighted by Gasteiger charge is 2.01. The van der Waals surface area contributed by atoms with Crippen molar-refractivity contribution in [2.45, 2.75) is 19.8 Å². The highest BCUT2D eigenvalue weighted by atomic mass is 16.3. The Balaban J connectivity index is 3.20. The van der Waals surface area contributed by atoms with Crippen LogP contribution < -0.4 is 0 Å². The van der Waals surface area contributed by atoms with Crippen molar-refractivity contribution >= 4 is 6.29 Å². The Kier molecular flexibility index (Phi) is 4.56. The van der Waals surface area contributed by atoms with Gasteiger partial charge in [-0.2, -0.15) is 0 Å². The number of carbonyl (C=O) groups excluding carboxylic acids is 1. The summed E-state index contributed by atoms with van der Waals surface area (Å²) in [5.41, 5.74) is 0. The molecule has 8 heavy (non-hydrogen) atoms. The van der Waals surface area contributed by atoms with E-state index < -0.39 is 0 Å². The summed E-state index contributed by atoms with van der Waals surface area (Å²) in [5, 5.41) is 10.1. The van der Waals surface area contributed by atoms with Crippen LogP contribution in [0.4, 0.5) is 0 Å². The normalized spacial score (nSPS) is 13.2. The summed E-state index contributed by atoms with van der Waals surface area (Å²) >= 11 is 0. The number of aldehydes is 1. The van der Waals surface area contributed by atoms with Gasteiger partial charge >= 0.3 is 0 Å².